The molecule has 0 saturated heterocycles. The topological polar surface area (TPSA) is 0 Å². The van der Waals surface area contributed by atoms with Gasteiger partial charge in [0.15, 0.2) is 0 Å². The third kappa shape index (κ3) is 4.73. The molecule has 0 aromatic rings. The summed E-state index contributed by atoms with van der Waals surface area (Å²) in [5.74, 6) is 0. The van der Waals surface area contributed by atoms with Crippen molar-refractivity contribution < 1.29 is 0 Å². The van der Waals surface area contributed by atoms with Gasteiger partial charge in [0.2, 0.25) is 0 Å². The maximum absolute atomic E-state index is 2.23. The summed E-state index contributed by atoms with van der Waals surface area (Å²) >= 11 is 0. The Kier molecular flexibility index (Phi) is 5.02. The van der Waals surface area contributed by atoms with Gasteiger partial charge in [0.25, 0.3) is 0 Å². The first-order valence-electron chi connectivity index (χ1n) is 4.63. The van der Waals surface area contributed by atoms with Crippen molar-refractivity contribution in [1.82, 2.24) is 0 Å². The van der Waals surface area contributed by atoms with E-state index in [1.165, 1.54) is 19.3 Å². The minimum Gasteiger partial charge on any atom is -0.0845 e. The van der Waals surface area contributed by atoms with Crippen LogP contribution < -0.4 is 0 Å². The average molecular weight is 160 g/mol. The van der Waals surface area contributed by atoms with E-state index in [9.17, 15) is 0 Å². The Balaban J connectivity index is 2.42. The van der Waals surface area contributed by atoms with Gasteiger partial charge >= 0.3 is 0 Å². The van der Waals surface area contributed by atoms with Crippen LogP contribution in [0, 0.1) is 0 Å². The van der Waals surface area contributed by atoms with Crippen molar-refractivity contribution in [2.24, 2.45) is 0 Å². The maximum atomic E-state index is 2.23. The fourth-order valence-corrected chi connectivity index (χ4v) is 1.10. The second-order valence-electron chi connectivity index (χ2n) is 2.88. The molecule has 0 atom stereocenters. The molecule has 0 radical (unpaired) electrons. The molecule has 0 N–H and O–H groups in total. The lowest BCUT2D eigenvalue weighted by molar-refractivity contribution is 0.868. The van der Waals surface area contributed by atoms with Gasteiger partial charge in [-0.2, -0.15) is 0 Å². The molecular weight excluding hydrogens is 144 g/mol. The third-order valence-corrected chi connectivity index (χ3v) is 1.78. The minimum atomic E-state index is 1.04. The zero-order chi connectivity index (χ0) is 8.49. The molecule has 0 nitrogen and oxygen atoms in total. The summed E-state index contributed by atoms with van der Waals surface area (Å²) < 4.78 is 0. The van der Waals surface area contributed by atoms with Gasteiger partial charge < -0.3 is 0 Å². The van der Waals surface area contributed by atoms with Crippen molar-refractivity contribution in [2.75, 3.05) is 0 Å². The van der Waals surface area contributed by atoms with E-state index in [0.717, 1.165) is 6.42 Å². The second-order valence-corrected chi connectivity index (χ2v) is 2.88. The van der Waals surface area contributed by atoms with Crippen LogP contribution in [0.5, 0.6) is 0 Å². The average Bonchev–Trinajstić information content (AvgIpc) is 2.05. The molecule has 0 unspecified atom stereocenters. The van der Waals surface area contributed by atoms with Gasteiger partial charge in [0.05, 0.1) is 0 Å². The molecule has 0 aliphatic heterocycles. The first kappa shape index (κ1) is 9.05. The largest absolute Gasteiger partial charge is 0.0845 e. The van der Waals surface area contributed by atoms with Crippen LogP contribution >= 0.6 is 0 Å². The fourth-order valence-electron chi connectivity index (χ4n) is 1.10. The third-order valence-electron chi connectivity index (χ3n) is 1.78. The minimum absolute atomic E-state index is 1.04. The molecule has 0 amide bonds. The smallest absolute Gasteiger partial charge is 0.0163 e. The Morgan fingerprint density at radius 1 is 0.583 bits per heavy atom. The Bertz CT molecular complexity index is 182. The van der Waals surface area contributed by atoms with Gasteiger partial charge in [0, 0.05) is 0 Å². The lowest BCUT2D eigenvalue weighted by Crippen LogP contribution is -1.69. The molecular formula is C12H16. The first-order chi connectivity index (χ1) is 6.00. The summed E-state index contributed by atoms with van der Waals surface area (Å²) in [6, 6.07) is 0. The van der Waals surface area contributed by atoms with Crippen molar-refractivity contribution in [1.29, 1.82) is 0 Å². The molecule has 0 fully saturated rings. The van der Waals surface area contributed by atoms with Crippen LogP contribution in [-0.4, -0.2) is 0 Å². The van der Waals surface area contributed by atoms with Crippen molar-refractivity contribution in [3.63, 3.8) is 0 Å². The number of allylic oxidation sites excluding steroid dienone is 8. The normalized spacial score (nSPS) is 24.0. The van der Waals surface area contributed by atoms with E-state index >= 15 is 0 Å². The molecule has 0 bridgehead atoms. The zero-order valence-electron chi connectivity index (χ0n) is 7.45. The van der Waals surface area contributed by atoms with E-state index in [1.807, 2.05) is 0 Å². The lowest BCUT2D eigenvalue weighted by Gasteiger charge is -1.89. The van der Waals surface area contributed by atoms with Crippen LogP contribution in [0.3, 0.4) is 0 Å². The van der Waals surface area contributed by atoms with E-state index in [0.29, 0.717) is 0 Å². The van der Waals surface area contributed by atoms with Crippen LogP contribution in [0.25, 0.3) is 0 Å². The monoisotopic (exact) mass is 160 g/mol. The number of hydrogen-bond donors (Lipinski definition) is 0. The van der Waals surface area contributed by atoms with Crippen molar-refractivity contribution >= 4 is 0 Å². The standard InChI is InChI=1S/C12H16/c1-2-4-6-8-10-12-11-9-7-5-3-1/h1-4,7,9,11-12H,5-6,8,10H2/b3-1-,4-2+,9-7?,12-11?. The summed E-state index contributed by atoms with van der Waals surface area (Å²) in [7, 11) is 0. The summed E-state index contributed by atoms with van der Waals surface area (Å²) in [4.78, 5) is 0. The lowest BCUT2D eigenvalue weighted by atomic mass is 10.2. The molecule has 0 aromatic heterocycles. The highest BCUT2D eigenvalue weighted by Gasteiger charge is 1.79. The Morgan fingerprint density at radius 3 is 1.67 bits per heavy atom. The van der Waals surface area contributed by atoms with Gasteiger partial charge in [-0.3, -0.25) is 0 Å². The highest BCUT2D eigenvalue weighted by Crippen LogP contribution is 2.00. The quantitative estimate of drug-likeness (QED) is 0.506. The highest BCUT2D eigenvalue weighted by molar-refractivity contribution is 5.09. The van der Waals surface area contributed by atoms with Crippen molar-refractivity contribution in [3.05, 3.63) is 48.6 Å². The Hall–Kier alpha value is -1.04. The predicted molar refractivity (Wildman–Crippen MR) is 55.0 cm³/mol. The van der Waals surface area contributed by atoms with E-state index in [4.69, 9.17) is 0 Å². The molecule has 1 rings (SSSR count). The summed E-state index contributed by atoms with van der Waals surface area (Å²) in [6.45, 7) is 0. The predicted octanol–water partition coefficient (Wildman–Crippen LogP) is 3.79. The van der Waals surface area contributed by atoms with Crippen LogP contribution in [0.2, 0.25) is 0 Å². The molecule has 0 heterocycles. The van der Waals surface area contributed by atoms with Crippen molar-refractivity contribution in [2.45, 2.75) is 25.7 Å². The van der Waals surface area contributed by atoms with Crippen LogP contribution in [0.4, 0.5) is 0 Å². The highest BCUT2D eigenvalue weighted by atomic mass is 13.9. The van der Waals surface area contributed by atoms with E-state index in [-0.39, 0.29) is 0 Å². The second kappa shape index (κ2) is 6.66. The summed E-state index contributed by atoms with van der Waals surface area (Å²) in [5.41, 5.74) is 0. The zero-order valence-corrected chi connectivity index (χ0v) is 7.45. The van der Waals surface area contributed by atoms with Crippen LogP contribution in [-0.2, 0) is 0 Å². The van der Waals surface area contributed by atoms with E-state index < -0.39 is 0 Å². The number of rotatable bonds is 0. The Morgan fingerprint density at radius 2 is 1.08 bits per heavy atom. The molecule has 0 aromatic carbocycles. The fraction of sp³-hybridized carbons (Fsp3) is 0.333. The Labute approximate surface area is 75.0 Å². The number of hydrogen-bond acceptors (Lipinski definition) is 0. The molecule has 12 heavy (non-hydrogen) atoms. The van der Waals surface area contributed by atoms with Gasteiger partial charge in [-0.25, -0.2) is 0 Å². The molecule has 0 saturated carbocycles. The molecule has 1 aliphatic carbocycles. The SMILES string of the molecule is C1=CC/C=C\C=C\CCCC=C1. The van der Waals surface area contributed by atoms with Gasteiger partial charge in [-0.15, -0.1) is 0 Å². The van der Waals surface area contributed by atoms with Crippen LogP contribution in [0.15, 0.2) is 48.6 Å². The molecule has 1 aliphatic rings. The van der Waals surface area contributed by atoms with Gasteiger partial charge in [-0.1, -0.05) is 48.6 Å². The maximum Gasteiger partial charge on any atom is -0.0163 e. The molecule has 0 heteroatoms. The first-order valence-corrected chi connectivity index (χ1v) is 4.63. The molecule has 64 valence electrons. The summed E-state index contributed by atoms with van der Waals surface area (Å²) in [6.07, 6.45) is 22.0. The summed E-state index contributed by atoms with van der Waals surface area (Å²) in [5, 5.41) is 0. The molecule has 0 spiro atoms. The van der Waals surface area contributed by atoms with Crippen LogP contribution in [0.1, 0.15) is 25.7 Å². The van der Waals surface area contributed by atoms with E-state index in [2.05, 4.69) is 48.6 Å². The van der Waals surface area contributed by atoms with E-state index in [1.54, 1.807) is 0 Å². The van der Waals surface area contributed by atoms with Crippen molar-refractivity contribution in [3.8, 4) is 0 Å². The van der Waals surface area contributed by atoms with Gasteiger partial charge in [0.1, 0.15) is 0 Å². The van der Waals surface area contributed by atoms with Gasteiger partial charge in [-0.05, 0) is 25.7 Å².